The van der Waals surface area contributed by atoms with Gasteiger partial charge in [-0.2, -0.15) is 0 Å². The van der Waals surface area contributed by atoms with Crippen molar-refractivity contribution in [2.45, 2.75) is 0 Å². The van der Waals surface area contributed by atoms with Crippen LogP contribution in [0.5, 0.6) is 0 Å². The second-order valence-corrected chi connectivity index (χ2v) is 3.57. The number of nitrogens with one attached hydrogen (secondary N) is 1. The third kappa shape index (κ3) is 4.52. The largest absolute Gasteiger partial charge is 0.459 e. The average molecular weight is 268 g/mol. The minimum atomic E-state index is -0.521. The van der Waals surface area contributed by atoms with E-state index in [0.717, 1.165) is 10.2 Å². The molecule has 15 heavy (non-hydrogen) atoms. The highest BCUT2D eigenvalue weighted by Gasteiger charge is 1.90. The van der Waals surface area contributed by atoms with Crippen molar-refractivity contribution in [2.24, 2.45) is 0 Å². The van der Waals surface area contributed by atoms with E-state index in [4.69, 9.17) is 0 Å². The lowest BCUT2D eigenvalue weighted by atomic mass is 10.3. The Morgan fingerprint density at radius 3 is 2.73 bits per heavy atom. The van der Waals surface area contributed by atoms with E-state index in [2.05, 4.69) is 37.8 Å². The molecule has 0 aliphatic rings. The van der Waals surface area contributed by atoms with Gasteiger partial charge in [-0.1, -0.05) is 21.9 Å². The van der Waals surface area contributed by atoms with Gasteiger partial charge in [0.2, 0.25) is 0 Å². The van der Waals surface area contributed by atoms with E-state index >= 15 is 0 Å². The van der Waals surface area contributed by atoms with Gasteiger partial charge in [0.15, 0.2) is 0 Å². The molecule has 3 nitrogen and oxygen atoms in total. The van der Waals surface area contributed by atoms with Crippen LogP contribution < -0.4 is 5.32 Å². The van der Waals surface area contributed by atoms with E-state index < -0.39 is 5.97 Å². The minimum absolute atomic E-state index is 0.413. The first-order valence-electron chi connectivity index (χ1n) is 4.28. The number of rotatable bonds is 2. The van der Waals surface area contributed by atoms with Crippen molar-refractivity contribution >= 4 is 27.6 Å². The van der Waals surface area contributed by atoms with Crippen molar-refractivity contribution in [2.75, 3.05) is 19.0 Å². The second kappa shape index (κ2) is 6.10. The lowest BCUT2D eigenvalue weighted by Gasteiger charge is -2.00. The molecule has 0 radical (unpaired) electrons. The predicted molar refractivity (Wildman–Crippen MR) is 62.4 cm³/mol. The van der Waals surface area contributed by atoms with Gasteiger partial charge >= 0.3 is 5.97 Å². The number of carbonyl (C=O) groups excluding carboxylic acids is 1. The zero-order chi connectivity index (χ0) is 11.1. The van der Waals surface area contributed by atoms with Crippen LogP contribution in [0.4, 0.5) is 5.69 Å². The molecule has 0 aromatic heterocycles. The van der Waals surface area contributed by atoms with Crippen LogP contribution in [0.25, 0.3) is 0 Å². The van der Waals surface area contributed by atoms with Crippen LogP contribution >= 0.6 is 15.9 Å². The van der Waals surface area contributed by atoms with E-state index in [1.54, 1.807) is 0 Å². The number of methoxy groups -OCH3 is 1. The molecule has 0 amide bonds. The molecular weight excluding hydrogens is 258 g/mol. The fourth-order valence-electron chi connectivity index (χ4n) is 0.881. The SMILES string of the molecule is COC(=O)C#CCNc1ccc(Br)cc1. The highest BCUT2D eigenvalue weighted by atomic mass is 79.9. The Kier molecular flexibility index (Phi) is 4.72. The topological polar surface area (TPSA) is 38.3 Å². The van der Waals surface area contributed by atoms with Gasteiger partial charge in [-0.15, -0.1) is 0 Å². The van der Waals surface area contributed by atoms with E-state index in [0.29, 0.717) is 6.54 Å². The Hall–Kier alpha value is -1.47. The van der Waals surface area contributed by atoms with Crippen molar-refractivity contribution in [3.05, 3.63) is 28.7 Å². The molecule has 0 bridgehead atoms. The van der Waals surface area contributed by atoms with Gasteiger partial charge in [0.1, 0.15) is 0 Å². The average Bonchev–Trinajstić information content (AvgIpc) is 2.26. The molecule has 1 aromatic carbocycles. The Balaban J connectivity index is 2.40. The van der Waals surface area contributed by atoms with Gasteiger partial charge in [0, 0.05) is 16.1 Å². The molecule has 0 saturated carbocycles. The number of halogens is 1. The molecule has 0 aliphatic heterocycles. The lowest BCUT2D eigenvalue weighted by Crippen LogP contribution is -2.00. The summed E-state index contributed by atoms with van der Waals surface area (Å²) in [5, 5.41) is 3.05. The van der Waals surface area contributed by atoms with Crippen LogP contribution in [0, 0.1) is 11.8 Å². The van der Waals surface area contributed by atoms with Gasteiger partial charge in [-0.05, 0) is 24.3 Å². The highest BCUT2D eigenvalue weighted by molar-refractivity contribution is 9.10. The molecule has 0 heterocycles. The summed E-state index contributed by atoms with van der Waals surface area (Å²) in [5.41, 5.74) is 0.956. The summed E-state index contributed by atoms with van der Waals surface area (Å²) in [4.78, 5) is 10.6. The summed E-state index contributed by atoms with van der Waals surface area (Å²) in [6, 6.07) is 7.69. The summed E-state index contributed by atoms with van der Waals surface area (Å²) in [6.45, 7) is 0.413. The highest BCUT2D eigenvalue weighted by Crippen LogP contribution is 2.13. The van der Waals surface area contributed by atoms with Crippen LogP contribution in [0.3, 0.4) is 0 Å². The monoisotopic (exact) mass is 267 g/mol. The Labute approximate surface area is 96.9 Å². The van der Waals surface area contributed by atoms with Gasteiger partial charge < -0.3 is 10.1 Å². The zero-order valence-corrected chi connectivity index (χ0v) is 9.80. The normalized spacial score (nSPS) is 8.67. The first-order valence-corrected chi connectivity index (χ1v) is 5.08. The van der Waals surface area contributed by atoms with Gasteiger partial charge in [0.05, 0.1) is 13.7 Å². The maximum absolute atomic E-state index is 10.6. The van der Waals surface area contributed by atoms with Gasteiger partial charge in [0.25, 0.3) is 0 Å². The molecule has 0 aliphatic carbocycles. The standard InChI is InChI=1S/C11H10BrNO2/c1-15-11(14)3-2-8-13-10-6-4-9(12)5-7-10/h4-7,13H,8H2,1H3. The zero-order valence-electron chi connectivity index (χ0n) is 8.21. The molecule has 0 fully saturated rings. The number of esters is 1. The second-order valence-electron chi connectivity index (χ2n) is 2.65. The molecule has 1 N–H and O–H groups in total. The first-order chi connectivity index (χ1) is 7.22. The molecule has 0 spiro atoms. The van der Waals surface area contributed by atoms with Gasteiger partial charge in [-0.3, -0.25) is 0 Å². The van der Waals surface area contributed by atoms with Crippen molar-refractivity contribution in [3.8, 4) is 11.8 Å². The number of anilines is 1. The summed E-state index contributed by atoms with van der Waals surface area (Å²) >= 11 is 3.34. The molecule has 0 atom stereocenters. The Morgan fingerprint density at radius 2 is 2.13 bits per heavy atom. The molecule has 78 valence electrons. The first kappa shape index (κ1) is 11.6. The van der Waals surface area contributed by atoms with E-state index in [9.17, 15) is 4.79 Å². The van der Waals surface area contributed by atoms with Gasteiger partial charge in [-0.25, -0.2) is 4.79 Å². The van der Waals surface area contributed by atoms with E-state index in [1.807, 2.05) is 24.3 Å². The van der Waals surface area contributed by atoms with Crippen LogP contribution in [-0.4, -0.2) is 19.6 Å². The number of benzene rings is 1. The number of hydrogen-bond acceptors (Lipinski definition) is 3. The lowest BCUT2D eigenvalue weighted by molar-refractivity contribution is -0.133. The number of ether oxygens (including phenoxy) is 1. The minimum Gasteiger partial charge on any atom is -0.459 e. The van der Waals surface area contributed by atoms with Crippen molar-refractivity contribution < 1.29 is 9.53 Å². The van der Waals surface area contributed by atoms with E-state index in [-0.39, 0.29) is 0 Å². The van der Waals surface area contributed by atoms with Crippen molar-refractivity contribution in [1.82, 2.24) is 0 Å². The summed E-state index contributed by atoms with van der Waals surface area (Å²) in [6.07, 6.45) is 0. The molecule has 1 aromatic rings. The summed E-state index contributed by atoms with van der Waals surface area (Å²) in [5.74, 6) is 4.46. The van der Waals surface area contributed by atoms with E-state index in [1.165, 1.54) is 7.11 Å². The molecule has 0 unspecified atom stereocenters. The van der Waals surface area contributed by atoms with Crippen LogP contribution in [0.1, 0.15) is 0 Å². The van der Waals surface area contributed by atoms with Crippen LogP contribution in [0.15, 0.2) is 28.7 Å². The molecule has 1 rings (SSSR count). The van der Waals surface area contributed by atoms with Crippen molar-refractivity contribution in [1.29, 1.82) is 0 Å². The third-order valence-corrected chi connectivity index (χ3v) is 2.13. The maximum Gasteiger partial charge on any atom is 0.384 e. The fourth-order valence-corrected chi connectivity index (χ4v) is 1.15. The number of hydrogen-bond donors (Lipinski definition) is 1. The summed E-state index contributed by atoms with van der Waals surface area (Å²) in [7, 11) is 1.30. The van der Waals surface area contributed by atoms with Crippen LogP contribution in [0.2, 0.25) is 0 Å². The molecular formula is C11H10BrNO2. The quantitative estimate of drug-likeness (QED) is 0.506. The smallest absolute Gasteiger partial charge is 0.384 e. The number of carbonyl (C=O) groups is 1. The van der Waals surface area contributed by atoms with Crippen LogP contribution in [-0.2, 0) is 9.53 Å². The molecule has 4 heteroatoms. The summed E-state index contributed by atoms with van der Waals surface area (Å²) < 4.78 is 5.39. The molecule has 0 saturated heterocycles. The van der Waals surface area contributed by atoms with Crippen molar-refractivity contribution in [3.63, 3.8) is 0 Å². The maximum atomic E-state index is 10.6. The third-order valence-electron chi connectivity index (χ3n) is 1.60. The fraction of sp³-hybridized carbons (Fsp3) is 0.182. The Bertz CT molecular complexity index is 389. The predicted octanol–water partition coefficient (Wildman–Crippen LogP) is 2.04. The Morgan fingerprint density at radius 1 is 1.47 bits per heavy atom.